The van der Waals surface area contributed by atoms with E-state index in [2.05, 4.69) is 19.5 Å². The summed E-state index contributed by atoms with van der Waals surface area (Å²) in [4.78, 5) is 47.3. The number of esters is 3. The second kappa shape index (κ2) is 14.0. The Labute approximate surface area is 161 Å². The van der Waals surface area contributed by atoms with Gasteiger partial charge >= 0.3 is 17.9 Å². The Morgan fingerprint density at radius 3 is 1.44 bits per heavy atom. The summed E-state index contributed by atoms with van der Waals surface area (Å²) >= 11 is 0. The molecule has 0 spiro atoms. The van der Waals surface area contributed by atoms with Crippen molar-refractivity contribution in [1.82, 2.24) is 5.32 Å². The van der Waals surface area contributed by atoms with Gasteiger partial charge in [0.15, 0.2) is 0 Å². The summed E-state index contributed by atoms with van der Waals surface area (Å²) in [7, 11) is 3.86. The molecule has 8 heteroatoms. The third kappa shape index (κ3) is 11.2. The Morgan fingerprint density at radius 2 is 1.11 bits per heavy atom. The molecule has 0 unspecified atom stereocenters. The second-order valence-electron chi connectivity index (χ2n) is 6.51. The van der Waals surface area contributed by atoms with Gasteiger partial charge < -0.3 is 19.5 Å². The van der Waals surface area contributed by atoms with E-state index in [-0.39, 0.29) is 44.4 Å². The minimum atomic E-state index is -0.889. The second-order valence-corrected chi connectivity index (χ2v) is 6.51. The zero-order valence-electron chi connectivity index (χ0n) is 16.9. The predicted octanol–water partition coefficient (Wildman–Crippen LogP) is 2.28. The van der Waals surface area contributed by atoms with Crippen LogP contribution in [0.4, 0.5) is 0 Å². The van der Waals surface area contributed by atoms with Crippen LogP contribution in [0.25, 0.3) is 0 Å². The van der Waals surface area contributed by atoms with Crippen LogP contribution in [0.15, 0.2) is 0 Å². The van der Waals surface area contributed by atoms with Gasteiger partial charge in [-0.3, -0.25) is 19.2 Å². The fourth-order valence-corrected chi connectivity index (χ4v) is 2.79. The Hall–Kier alpha value is -2.12. The predicted molar refractivity (Wildman–Crippen MR) is 98.8 cm³/mol. The summed E-state index contributed by atoms with van der Waals surface area (Å²) in [5.41, 5.74) is -0.889. The summed E-state index contributed by atoms with van der Waals surface area (Å²) in [6.45, 7) is 2.05. The molecule has 156 valence electrons. The molecule has 0 aromatic carbocycles. The molecule has 0 aliphatic heterocycles. The molecule has 27 heavy (non-hydrogen) atoms. The highest BCUT2D eigenvalue weighted by Crippen LogP contribution is 2.27. The van der Waals surface area contributed by atoms with E-state index in [4.69, 9.17) is 0 Å². The maximum atomic E-state index is 12.4. The highest BCUT2D eigenvalue weighted by Gasteiger charge is 2.33. The lowest BCUT2D eigenvalue weighted by Crippen LogP contribution is -2.49. The van der Waals surface area contributed by atoms with Crippen LogP contribution in [0, 0.1) is 0 Å². The van der Waals surface area contributed by atoms with E-state index in [1.165, 1.54) is 21.3 Å². The lowest BCUT2D eigenvalue weighted by Gasteiger charge is -2.34. The number of carbonyl (C=O) groups excluding carboxylic acids is 4. The van der Waals surface area contributed by atoms with Gasteiger partial charge in [0, 0.05) is 31.2 Å². The van der Waals surface area contributed by atoms with Crippen molar-refractivity contribution in [2.75, 3.05) is 21.3 Å². The fraction of sp³-hybridized carbons (Fsp3) is 0.789. The van der Waals surface area contributed by atoms with Gasteiger partial charge in [-0.25, -0.2) is 0 Å². The molecule has 0 radical (unpaired) electrons. The Kier molecular flexibility index (Phi) is 12.9. The van der Waals surface area contributed by atoms with Gasteiger partial charge in [0.05, 0.1) is 21.3 Å². The number of unbranched alkanes of at least 4 members (excludes halogenated alkanes) is 2. The van der Waals surface area contributed by atoms with Crippen molar-refractivity contribution in [3.8, 4) is 0 Å². The van der Waals surface area contributed by atoms with E-state index in [0.29, 0.717) is 6.42 Å². The van der Waals surface area contributed by atoms with Crippen LogP contribution in [0.3, 0.4) is 0 Å². The molecule has 0 aromatic rings. The monoisotopic (exact) mass is 387 g/mol. The number of nitrogens with one attached hydrogen (secondary N) is 1. The Bertz CT molecular complexity index is 440. The molecule has 0 rings (SSSR count). The van der Waals surface area contributed by atoms with Crippen molar-refractivity contribution >= 4 is 23.8 Å². The molecule has 0 aliphatic rings. The van der Waals surface area contributed by atoms with Gasteiger partial charge in [0.1, 0.15) is 0 Å². The van der Waals surface area contributed by atoms with Crippen molar-refractivity contribution in [1.29, 1.82) is 0 Å². The molecule has 1 amide bonds. The quantitative estimate of drug-likeness (QED) is 0.277. The van der Waals surface area contributed by atoms with E-state index in [0.717, 1.165) is 19.3 Å². The van der Waals surface area contributed by atoms with Gasteiger partial charge in [-0.15, -0.1) is 0 Å². The lowest BCUT2D eigenvalue weighted by atomic mass is 9.83. The van der Waals surface area contributed by atoms with E-state index in [1.54, 1.807) is 0 Å². The van der Waals surface area contributed by atoms with Gasteiger partial charge in [-0.05, 0) is 25.7 Å². The SMILES string of the molecule is CCCCCC(=O)NC(CCC(=O)OC)(CCC(=O)OC)CCC(=O)OC. The summed E-state index contributed by atoms with van der Waals surface area (Å²) in [6.07, 6.45) is 4.00. The number of hydrogen-bond donors (Lipinski definition) is 1. The van der Waals surface area contributed by atoms with Gasteiger partial charge in [0.2, 0.25) is 5.91 Å². The number of carbonyl (C=O) groups is 4. The largest absolute Gasteiger partial charge is 0.469 e. The molecule has 0 bridgehead atoms. The van der Waals surface area contributed by atoms with Crippen molar-refractivity contribution < 1.29 is 33.4 Å². The van der Waals surface area contributed by atoms with Crippen LogP contribution < -0.4 is 5.32 Å². The Balaban J connectivity index is 5.30. The van der Waals surface area contributed by atoms with Crippen LogP contribution in [0.2, 0.25) is 0 Å². The number of methoxy groups -OCH3 is 3. The molecular formula is C19H33NO7. The van der Waals surface area contributed by atoms with Crippen LogP contribution in [-0.4, -0.2) is 50.7 Å². The molecular weight excluding hydrogens is 354 g/mol. The molecule has 0 saturated carbocycles. The van der Waals surface area contributed by atoms with Crippen molar-refractivity contribution in [2.24, 2.45) is 0 Å². The minimum Gasteiger partial charge on any atom is -0.469 e. The molecule has 0 fully saturated rings. The molecule has 0 saturated heterocycles. The van der Waals surface area contributed by atoms with Crippen molar-refractivity contribution in [3.05, 3.63) is 0 Å². The first-order chi connectivity index (χ1) is 12.8. The minimum absolute atomic E-state index is 0.0636. The van der Waals surface area contributed by atoms with Crippen molar-refractivity contribution in [2.45, 2.75) is 76.7 Å². The molecule has 1 N–H and O–H groups in total. The van der Waals surface area contributed by atoms with Crippen LogP contribution >= 0.6 is 0 Å². The summed E-state index contributed by atoms with van der Waals surface area (Å²) in [5, 5.41) is 2.97. The molecule has 0 aliphatic carbocycles. The lowest BCUT2D eigenvalue weighted by molar-refractivity contribution is -0.142. The number of rotatable bonds is 14. The maximum absolute atomic E-state index is 12.4. The zero-order chi connectivity index (χ0) is 20.7. The highest BCUT2D eigenvalue weighted by molar-refractivity contribution is 5.77. The summed E-state index contributed by atoms with van der Waals surface area (Å²) in [5.74, 6) is -1.43. The van der Waals surface area contributed by atoms with Gasteiger partial charge in [-0.2, -0.15) is 0 Å². The van der Waals surface area contributed by atoms with E-state index < -0.39 is 23.4 Å². The topological polar surface area (TPSA) is 108 Å². The fourth-order valence-electron chi connectivity index (χ4n) is 2.79. The Morgan fingerprint density at radius 1 is 0.704 bits per heavy atom. The van der Waals surface area contributed by atoms with E-state index in [9.17, 15) is 19.2 Å². The van der Waals surface area contributed by atoms with E-state index in [1.807, 2.05) is 6.92 Å². The number of ether oxygens (including phenoxy) is 3. The van der Waals surface area contributed by atoms with Gasteiger partial charge in [0.25, 0.3) is 0 Å². The average Bonchev–Trinajstić information content (AvgIpc) is 2.68. The van der Waals surface area contributed by atoms with E-state index >= 15 is 0 Å². The van der Waals surface area contributed by atoms with Gasteiger partial charge in [-0.1, -0.05) is 19.8 Å². The number of amides is 1. The first-order valence-corrected chi connectivity index (χ1v) is 9.34. The molecule has 8 nitrogen and oxygen atoms in total. The third-order valence-electron chi connectivity index (χ3n) is 4.52. The smallest absolute Gasteiger partial charge is 0.305 e. The van der Waals surface area contributed by atoms with Crippen molar-refractivity contribution in [3.63, 3.8) is 0 Å². The van der Waals surface area contributed by atoms with Crippen LogP contribution in [0.1, 0.15) is 71.1 Å². The maximum Gasteiger partial charge on any atom is 0.305 e. The zero-order valence-corrected chi connectivity index (χ0v) is 16.9. The first-order valence-electron chi connectivity index (χ1n) is 9.34. The highest BCUT2D eigenvalue weighted by atomic mass is 16.5. The number of hydrogen-bond acceptors (Lipinski definition) is 7. The standard InChI is InChI=1S/C19H33NO7/c1-5-6-7-8-15(21)20-19(12-9-16(22)25-2,13-10-17(23)26-3)14-11-18(24)27-4/h5-14H2,1-4H3,(H,20,21). The summed E-state index contributed by atoms with van der Waals surface area (Å²) in [6, 6.07) is 0. The molecule has 0 aromatic heterocycles. The summed E-state index contributed by atoms with van der Waals surface area (Å²) < 4.78 is 14.1. The normalized spacial score (nSPS) is 10.8. The molecule has 0 atom stereocenters. The van der Waals surface area contributed by atoms with Crippen LogP contribution in [0.5, 0.6) is 0 Å². The molecule has 0 heterocycles. The van der Waals surface area contributed by atoms with Crippen LogP contribution in [-0.2, 0) is 33.4 Å². The third-order valence-corrected chi connectivity index (χ3v) is 4.52. The first kappa shape index (κ1) is 24.9. The average molecular weight is 387 g/mol.